The lowest BCUT2D eigenvalue weighted by atomic mass is 10.2. The number of benzene rings is 2. The van der Waals surface area contributed by atoms with Crippen LogP contribution in [0.25, 0.3) is 0 Å². The molecule has 1 atom stereocenters. The van der Waals surface area contributed by atoms with Crippen molar-refractivity contribution in [3.05, 3.63) is 103 Å². The van der Waals surface area contributed by atoms with Crippen molar-refractivity contribution in [3.8, 4) is 0 Å². The summed E-state index contributed by atoms with van der Waals surface area (Å²) in [6, 6.07) is 21.1. The highest BCUT2D eigenvalue weighted by Crippen LogP contribution is 1.92. The maximum Gasteiger partial charge on any atom is 0.294 e. The molecule has 188 valence electrons. The van der Waals surface area contributed by atoms with Gasteiger partial charge < -0.3 is 14.5 Å². The fourth-order valence-electron chi connectivity index (χ4n) is 1.99. The number of hydrogen-bond acceptors (Lipinski definition) is 11. The molecule has 0 fully saturated rings. The molecular formula is C19H27N4O10P. The van der Waals surface area contributed by atoms with E-state index in [2.05, 4.69) is 14.5 Å². The monoisotopic (exact) mass is 502 g/mol. The third kappa shape index (κ3) is 22.8. The zero-order valence-corrected chi connectivity index (χ0v) is 19.7. The molecule has 1 unspecified atom stereocenters. The van der Waals surface area contributed by atoms with Crippen LogP contribution in [-0.2, 0) is 14.5 Å². The highest BCUT2D eigenvalue weighted by atomic mass is 31.0. The predicted molar refractivity (Wildman–Crippen MR) is 125 cm³/mol. The normalized spacial score (nSPS) is 8.97. The zero-order chi connectivity index (χ0) is 24.7. The Morgan fingerprint density at radius 2 is 0.941 bits per heavy atom. The van der Waals surface area contributed by atoms with E-state index in [0.717, 1.165) is 11.8 Å². The molecule has 0 amide bonds. The van der Waals surface area contributed by atoms with E-state index >= 15 is 0 Å². The Morgan fingerprint density at radius 1 is 0.647 bits per heavy atom. The summed E-state index contributed by atoms with van der Waals surface area (Å²) < 4.78 is 0. The molecule has 0 aliphatic heterocycles. The van der Waals surface area contributed by atoms with Crippen LogP contribution in [0.3, 0.4) is 0 Å². The van der Waals surface area contributed by atoms with Crippen molar-refractivity contribution in [2.24, 2.45) is 0 Å². The number of hydrogen-bond donors (Lipinski definition) is 0. The van der Waals surface area contributed by atoms with Gasteiger partial charge in [0, 0.05) is 25.2 Å². The van der Waals surface area contributed by atoms with Gasteiger partial charge in [0.1, 0.15) is 26.1 Å². The van der Waals surface area contributed by atoms with Crippen LogP contribution in [-0.4, -0.2) is 65.9 Å². The first-order valence-electron chi connectivity index (χ1n) is 9.39. The summed E-state index contributed by atoms with van der Waals surface area (Å²) in [5, 5.41) is 26.8. The Morgan fingerprint density at radius 3 is 1.18 bits per heavy atom. The lowest BCUT2D eigenvalue weighted by Gasteiger charge is -2.20. The van der Waals surface area contributed by atoms with Crippen molar-refractivity contribution in [1.82, 2.24) is 4.90 Å². The number of nitrogens with zero attached hydrogens (tertiary/aromatic N) is 4. The molecule has 0 aromatic heterocycles. The molecule has 2 rings (SSSR count). The minimum absolute atomic E-state index is 0. The van der Waals surface area contributed by atoms with Crippen LogP contribution in [0.1, 0.15) is 10.4 Å². The van der Waals surface area contributed by atoms with Gasteiger partial charge in [-0.3, -0.25) is 9.69 Å². The average Bonchev–Trinajstić information content (AvgIpc) is 2.80. The Labute approximate surface area is 198 Å². The Hall–Kier alpha value is -3.90. The summed E-state index contributed by atoms with van der Waals surface area (Å²) in [7, 11) is 0. The van der Waals surface area contributed by atoms with Crippen LogP contribution in [0.5, 0.6) is 0 Å². The van der Waals surface area contributed by atoms with E-state index in [-0.39, 0.29) is 49.4 Å². The molecule has 0 bridgehead atoms. The Kier molecular flexibility index (Phi) is 21.2. The van der Waals surface area contributed by atoms with Crippen molar-refractivity contribution in [1.29, 1.82) is 0 Å². The summed E-state index contributed by atoms with van der Waals surface area (Å²) in [5.74, 6) is 0. The van der Waals surface area contributed by atoms with Gasteiger partial charge in [-0.25, -0.2) is 0 Å². The third-order valence-corrected chi connectivity index (χ3v) is 3.41. The summed E-state index contributed by atoms with van der Waals surface area (Å²) in [6.45, 7) is -0.687. The second kappa shape index (κ2) is 22.3. The largest absolute Gasteiger partial charge is 0.313 e. The van der Waals surface area contributed by atoms with Crippen molar-refractivity contribution < 1.29 is 34.6 Å². The number of aldehydes is 1. The van der Waals surface area contributed by atoms with Gasteiger partial charge >= 0.3 is 0 Å². The average molecular weight is 502 g/mol. The van der Waals surface area contributed by atoms with Gasteiger partial charge in [-0.05, 0) is 0 Å². The molecule has 0 saturated carbocycles. The van der Waals surface area contributed by atoms with Crippen LogP contribution in [0.2, 0.25) is 0 Å². The minimum atomic E-state index is -0.987. The summed E-state index contributed by atoms with van der Waals surface area (Å²) in [6.07, 6.45) is 0.833. The maximum atomic E-state index is 10.0. The molecule has 0 saturated heterocycles. The van der Waals surface area contributed by atoms with Crippen molar-refractivity contribution in [2.75, 3.05) is 39.5 Å². The molecule has 0 radical (unpaired) electrons. The van der Waals surface area contributed by atoms with E-state index in [9.17, 15) is 35.1 Å². The van der Waals surface area contributed by atoms with E-state index in [1.807, 2.05) is 54.6 Å². The van der Waals surface area contributed by atoms with E-state index in [1.54, 1.807) is 12.1 Å². The SMILES string of the molecule is O=Cc1ccccc1.O=[N+]([O-])OCCN(CCO[N+](=O)[O-])CCO[N+](=O)[O-].P.c1ccccc1. The molecule has 2 aromatic rings. The molecule has 34 heavy (non-hydrogen) atoms. The first kappa shape index (κ1) is 32.3. The van der Waals surface area contributed by atoms with Gasteiger partial charge in [0.05, 0.1) is 0 Å². The molecule has 0 heterocycles. The van der Waals surface area contributed by atoms with E-state index in [0.29, 0.717) is 0 Å². The van der Waals surface area contributed by atoms with Gasteiger partial charge in [0.25, 0.3) is 15.3 Å². The molecule has 14 nitrogen and oxygen atoms in total. The molecule has 2 aromatic carbocycles. The zero-order valence-electron chi connectivity index (χ0n) is 18.2. The quantitative estimate of drug-likeness (QED) is 0.170. The van der Waals surface area contributed by atoms with Crippen LogP contribution >= 0.6 is 9.90 Å². The van der Waals surface area contributed by atoms with Crippen LogP contribution in [0.4, 0.5) is 0 Å². The van der Waals surface area contributed by atoms with Crippen LogP contribution in [0, 0.1) is 30.3 Å². The highest BCUT2D eigenvalue weighted by Gasteiger charge is 2.08. The summed E-state index contributed by atoms with van der Waals surface area (Å²) >= 11 is 0. The maximum absolute atomic E-state index is 10.0. The highest BCUT2D eigenvalue weighted by molar-refractivity contribution is 6.92. The van der Waals surface area contributed by atoms with Gasteiger partial charge in [0.2, 0.25) is 0 Å². The number of carbonyl (C=O) groups excluding carboxylic acids is 1. The van der Waals surface area contributed by atoms with E-state index in [4.69, 9.17) is 0 Å². The molecule has 0 spiro atoms. The summed E-state index contributed by atoms with van der Waals surface area (Å²) in [5.41, 5.74) is 0.729. The van der Waals surface area contributed by atoms with Gasteiger partial charge in [-0.15, -0.1) is 30.3 Å². The van der Waals surface area contributed by atoms with Crippen molar-refractivity contribution in [2.45, 2.75) is 0 Å². The molecule has 15 heteroatoms. The summed E-state index contributed by atoms with van der Waals surface area (Å²) in [4.78, 5) is 53.4. The second-order valence-electron chi connectivity index (χ2n) is 5.70. The molecule has 0 N–H and O–H groups in total. The first-order valence-corrected chi connectivity index (χ1v) is 9.39. The minimum Gasteiger partial charge on any atom is -0.313 e. The fourth-order valence-corrected chi connectivity index (χ4v) is 1.99. The van der Waals surface area contributed by atoms with Crippen LogP contribution < -0.4 is 0 Å². The Bertz CT molecular complexity index is 728. The molecule has 0 aliphatic carbocycles. The van der Waals surface area contributed by atoms with Crippen molar-refractivity contribution >= 4 is 16.2 Å². The number of rotatable bonds is 13. The predicted octanol–water partition coefficient (Wildman–Crippen LogP) is 2.16. The lowest BCUT2D eigenvalue weighted by molar-refractivity contribution is -0.760. The van der Waals surface area contributed by atoms with Gasteiger partial charge in [-0.1, -0.05) is 66.7 Å². The van der Waals surface area contributed by atoms with Crippen LogP contribution in [0.15, 0.2) is 66.7 Å². The van der Waals surface area contributed by atoms with Crippen molar-refractivity contribution in [3.63, 3.8) is 0 Å². The molecular weight excluding hydrogens is 475 g/mol. The smallest absolute Gasteiger partial charge is 0.294 e. The topological polar surface area (TPSA) is 177 Å². The standard InChI is InChI=1S/C7H6O.C6H12N4O9.C6H6.H3P/c8-6-7-4-2-1-3-5-7;11-8(12)17-4-1-7(2-5-18-9(13)14)3-6-19-10(15)16;1-2-4-6-5-3-1;/h1-6H;1-6H2;1-6H;1H3. The number of carbonyl (C=O) groups is 1. The second-order valence-corrected chi connectivity index (χ2v) is 5.70. The molecule has 0 aliphatic rings. The van der Waals surface area contributed by atoms with Gasteiger partial charge in [0.15, 0.2) is 0 Å². The first-order chi connectivity index (χ1) is 15.8. The third-order valence-electron chi connectivity index (χ3n) is 3.41. The van der Waals surface area contributed by atoms with E-state index < -0.39 is 15.3 Å². The van der Waals surface area contributed by atoms with E-state index in [1.165, 1.54) is 4.90 Å². The fraction of sp³-hybridized carbons (Fsp3) is 0.316. The van der Waals surface area contributed by atoms with Gasteiger partial charge in [-0.2, -0.15) is 9.90 Å². The Balaban J connectivity index is 0. The lowest BCUT2D eigenvalue weighted by Crippen LogP contribution is -2.35.